The third-order valence-electron chi connectivity index (χ3n) is 3.51. The Balaban J connectivity index is 2.52. The number of rotatable bonds is 5. The second-order valence-corrected chi connectivity index (χ2v) is 4.61. The molecular weight excluding hydrogens is 234 g/mol. The van der Waals surface area contributed by atoms with E-state index in [1.54, 1.807) is 0 Å². The van der Waals surface area contributed by atoms with Crippen LogP contribution >= 0.6 is 0 Å². The molecule has 0 spiro atoms. The van der Waals surface area contributed by atoms with Crippen molar-refractivity contribution in [3.8, 4) is 0 Å². The predicted molar refractivity (Wildman–Crippen MR) is 67.2 cm³/mol. The molecule has 102 valence electrons. The Kier molecular flexibility index (Phi) is 5.34. The van der Waals surface area contributed by atoms with Gasteiger partial charge in [0.05, 0.1) is 5.60 Å². The lowest BCUT2D eigenvalue weighted by Crippen LogP contribution is -2.47. The van der Waals surface area contributed by atoms with Crippen LogP contribution in [-0.2, 0) is 14.3 Å². The van der Waals surface area contributed by atoms with Gasteiger partial charge in [-0.1, -0.05) is 13.8 Å². The zero-order valence-corrected chi connectivity index (χ0v) is 10.9. The maximum Gasteiger partial charge on any atom is 0.328 e. The molecule has 1 atom stereocenters. The van der Waals surface area contributed by atoms with E-state index in [0.717, 1.165) is 37.8 Å². The van der Waals surface area contributed by atoms with Gasteiger partial charge < -0.3 is 15.2 Å². The molecule has 2 N–H and O–H groups in total. The van der Waals surface area contributed by atoms with Crippen molar-refractivity contribution in [2.24, 2.45) is 0 Å². The largest absolute Gasteiger partial charge is 0.478 e. The van der Waals surface area contributed by atoms with Crippen molar-refractivity contribution >= 4 is 11.9 Å². The second-order valence-electron chi connectivity index (χ2n) is 4.61. The third-order valence-corrected chi connectivity index (χ3v) is 3.51. The number of amides is 1. The number of hydrogen-bond acceptors (Lipinski definition) is 3. The normalized spacial score (nSPS) is 22.9. The molecule has 1 amide bonds. The molecule has 0 saturated carbocycles. The molecule has 0 aromatic heterocycles. The Morgan fingerprint density at radius 2 is 2.06 bits per heavy atom. The summed E-state index contributed by atoms with van der Waals surface area (Å²) in [6.07, 6.45) is 5.29. The van der Waals surface area contributed by atoms with E-state index in [0.29, 0.717) is 6.61 Å². The lowest BCUT2D eigenvalue weighted by molar-refractivity contribution is -0.132. The van der Waals surface area contributed by atoms with Crippen LogP contribution in [0, 0.1) is 0 Å². The number of nitrogens with one attached hydrogen (secondary N) is 1. The van der Waals surface area contributed by atoms with Crippen molar-refractivity contribution in [3.63, 3.8) is 0 Å². The summed E-state index contributed by atoms with van der Waals surface area (Å²) in [6.45, 7) is 4.80. The van der Waals surface area contributed by atoms with E-state index < -0.39 is 5.97 Å². The SMILES string of the molecule is CCC1(CC)CC(NC(=O)/C=C/C(=O)O)CCO1. The summed E-state index contributed by atoms with van der Waals surface area (Å²) < 4.78 is 5.81. The summed E-state index contributed by atoms with van der Waals surface area (Å²) in [5.74, 6) is -1.47. The number of hydrogen-bond donors (Lipinski definition) is 2. The third kappa shape index (κ3) is 4.14. The van der Waals surface area contributed by atoms with Gasteiger partial charge in [0.1, 0.15) is 0 Å². The van der Waals surface area contributed by atoms with Gasteiger partial charge in [-0.2, -0.15) is 0 Å². The van der Waals surface area contributed by atoms with Crippen LogP contribution in [-0.4, -0.2) is 35.2 Å². The first-order chi connectivity index (χ1) is 8.51. The van der Waals surface area contributed by atoms with Crippen LogP contribution in [0.15, 0.2) is 12.2 Å². The van der Waals surface area contributed by atoms with Crippen molar-refractivity contribution in [2.75, 3.05) is 6.61 Å². The number of carboxylic acids is 1. The fraction of sp³-hybridized carbons (Fsp3) is 0.692. The lowest BCUT2D eigenvalue weighted by Gasteiger charge is -2.40. The van der Waals surface area contributed by atoms with Crippen LogP contribution in [0.1, 0.15) is 39.5 Å². The average molecular weight is 255 g/mol. The molecule has 1 saturated heterocycles. The van der Waals surface area contributed by atoms with Gasteiger partial charge in [-0.3, -0.25) is 4.79 Å². The summed E-state index contributed by atoms with van der Waals surface area (Å²) in [4.78, 5) is 21.8. The first-order valence-electron chi connectivity index (χ1n) is 6.37. The first-order valence-corrected chi connectivity index (χ1v) is 6.37. The number of carbonyl (C=O) groups excluding carboxylic acids is 1. The van der Waals surface area contributed by atoms with Crippen molar-refractivity contribution in [1.82, 2.24) is 5.32 Å². The molecule has 5 nitrogen and oxygen atoms in total. The predicted octanol–water partition coefficient (Wildman–Crippen LogP) is 1.48. The number of carbonyl (C=O) groups is 2. The van der Waals surface area contributed by atoms with E-state index in [-0.39, 0.29) is 17.6 Å². The summed E-state index contributed by atoms with van der Waals surface area (Å²) in [6, 6.07) is 0.0598. The Hall–Kier alpha value is -1.36. The summed E-state index contributed by atoms with van der Waals surface area (Å²) in [7, 11) is 0. The van der Waals surface area contributed by atoms with Crippen LogP contribution in [0.2, 0.25) is 0 Å². The summed E-state index contributed by atoms with van der Waals surface area (Å²) in [5.41, 5.74) is -0.146. The molecule has 1 rings (SSSR count). The summed E-state index contributed by atoms with van der Waals surface area (Å²) >= 11 is 0. The number of carboxylic acid groups (broad SMARTS) is 1. The average Bonchev–Trinajstić information content (AvgIpc) is 2.36. The van der Waals surface area contributed by atoms with E-state index in [1.807, 2.05) is 0 Å². The topological polar surface area (TPSA) is 75.6 Å². The number of aliphatic carboxylic acids is 1. The van der Waals surface area contributed by atoms with E-state index >= 15 is 0 Å². The first kappa shape index (κ1) is 14.7. The standard InChI is InChI=1S/C13H21NO4/c1-3-13(4-2)9-10(7-8-18-13)14-11(15)5-6-12(16)17/h5-6,10H,3-4,7-9H2,1-2H3,(H,14,15)(H,16,17)/b6-5+. The minimum Gasteiger partial charge on any atom is -0.478 e. The van der Waals surface area contributed by atoms with Crippen LogP contribution in [0.25, 0.3) is 0 Å². The smallest absolute Gasteiger partial charge is 0.328 e. The minimum absolute atomic E-state index is 0.0598. The fourth-order valence-electron chi connectivity index (χ4n) is 2.29. The molecule has 0 radical (unpaired) electrons. The zero-order valence-electron chi connectivity index (χ0n) is 10.9. The van der Waals surface area contributed by atoms with Gasteiger partial charge in [0.15, 0.2) is 0 Å². The minimum atomic E-state index is -1.12. The molecule has 0 aromatic rings. The van der Waals surface area contributed by atoms with Gasteiger partial charge in [-0.15, -0.1) is 0 Å². The highest BCUT2D eigenvalue weighted by Gasteiger charge is 2.34. The van der Waals surface area contributed by atoms with E-state index in [1.165, 1.54) is 0 Å². The Morgan fingerprint density at radius 1 is 1.39 bits per heavy atom. The van der Waals surface area contributed by atoms with Crippen LogP contribution in [0.5, 0.6) is 0 Å². The van der Waals surface area contributed by atoms with E-state index in [4.69, 9.17) is 9.84 Å². The second kappa shape index (κ2) is 6.54. The van der Waals surface area contributed by atoms with E-state index in [9.17, 15) is 9.59 Å². The molecule has 1 fully saturated rings. The van der Waals surface area contributed by atoms with Crippen LogP contribution in [0.3, 0.4) is 0 Å². The van der Waals surface area contributed by atoms with E-state index in [2.05, 4.69) is 19.2 Å². The Labute approximate surface area is 107 Å². The highest BCUT2D eigenvalue weighted by molar-refractivity contribution is 5.93. The molecule has 1 aliphatic heterocycles. The monoisotopic (exact) mass is 255 g/mol. The molecular formula is C13H21NO4. The Morgan fingerprint density at radius 3 is 2.61 bits per heavy atom. The highest BCUT2D eigenvalue weighted by Crippen LogP contribution is 2.31. The van der Waals surface area contributed by atoms with Crippen molar-refractivity contribution < 1.29 is 19.4 Å². The number of ether oxygens (including phenoxy) is 1. The quantitative estimate of drug-likeness (QED) is 0.730. The molecule has 18 heavy (non-hydrogen) atoms. The van der Waals surface area contributed by atoms with Gasteiger partial charge >= 0.3 is 5.97 Å². The van der Waals surface area contributed by atoms with Crippen molar-refractivity contribution in [1.29, 1.82) is 0 Å². The lowest BCUT2D eigenvalue weighted by atomic mass is 9.86. The molecule has 0 aromatic carbocycles. The zero-order chi connectivity index (χ0) is 13.6. The molecule has 1 unspecified atom stereocenters. The van der Waals surface area contributed by atoms with Gasteiger partial charge in [0, 0.05) is 24.8 Å². The van der Waals surface area contributed by atoms with Gasteiger partial charge in [0.25, 0.3) is 0 Å². The van der Waals surface area contributed by atoms with Crippen LogP contribution < -0.4 is 5.32 Å². The summed E-state index contributed by atoms with van der Waals surface area (Å²) in [5, 5.41) is 11.3. The Bertz CT molecular complexity index is 334. The molecule has 0 bridgehead atoms. The van der Waals surface area contributed by atoms with Gasteiger partial charge in [0.2, 0.25) is 5.91 Å². The highest BCUT2D eigenvalue weighted by atomic mass is 16.5. The fourth-order valence-corrected chi connectivity index (χ4v) is 2.29. The molecule has 5 heteroatoms. The maximum absolute atomic E-state index is 11.5. The molecule has 1 aliphatic rings. The maximum atomic E-state index is 11.5. The van der Waals surface area contributed by atoms with Gasteiger partial charge in [-0.05, 0) is 25.7 Å². The van der Waals surface area contributed by atoms with Gasteiger partial charge in [-0.25, -0.2) is 4.79 Å². The van der Waals surface area contributed by atoms with Crippen molar-refractivity contribution in [2.45, 2.75) is 51.2 Å². The van der Waals surface area contributed by atoms with Crippen molar-refractivity contribution in [3.05, 3.63) is 12.2 Å². The molecule has 1 heterocycles. The van der Waals surface area contributed by atoms with Crippen LogP contribution in [0.4, 0.5) is 0 Å². The molecule has 0 aliphatic carbocycles.